The van der Waals surface area contributed by atoms with E-state index >= 15 is 0 Å². The minimum Gasteiger partial charge on any atom is -0.481 e. The Morgan fingerprint density at radius 3 is 2.75 bits per heavy atom. The van der Waals surface area contributed by atoms with Gasteiger partial charge in [0.1, 0.15) is 5.82 Å². The number of furan rings is 1. The molecule has 84 valence electrons. The zero-order chi connectivity index (χ0) is 11.9. The highest BCUT2D eigenvalue weighted by atomic mass is 19.1. The van der Waals surface area contributed by atoms with Crippen LogP contribution in [0.2, 0.25) is 0 Å². The lowest BCUT2D eigenvalue weighted by Crippen LogP contribution is -2.10. The van der Waals surface area contributed by atoms with Crippen molar-refractivity contribution in [1.29, 1.82) is 0 Å². The Morgan fingerprint density at radius 2 is 2.12 bits per heavy atom. The van der Waals surface area contributed by atoms with Crippen LogP contribution >= 0.6 is 0 Å². The zero-order valence-electron chi connectivity index (χ0n) is 8.33. The van der Waals surface area contributed by atoms with Gasteiger partial charge in [0.2, 0.25) is 0 Å². The molecule has 1 aromatic carbocycles. The molecule has 1 aromatic heterocycles. The maximum Gasteiger partial charge on any atom is 0.310 e. The van der Waals surface area contributed by atoms with Gasteiger partial charge in [-0.05, 0) is 13.0 Å². The molecular formula is C11H8F2O3. The molecule has 1 atom stereocenters. The molecule has 0 bridgehead atoms. The van der Waals surface area contributed by atoms with Crippen LogP contribution in [-0.4, -0.2) is 11.1 Å². The number of benzene rings is 1. The Labute approximate surface area is 89.3 Å². The second-order valence-corrected chi connectivity index (χ2v) is 3.48. The smallest absolute Gasteiger partial charge is 0.310 e. The summed E-state index contributed by atoms with van der Waals surface area (Å²) in [6.07, 6.45) is 1.20. The summed E-state index contributed by atoms with van der Waals surface area (Å²) in [5.74, 6) is -3.94. The second-order valence-electron chi connectivity index (χ2n) is 3.48. The highest BCUT2D eigenvalue weighted by Gasteiger charge is 2.23. The molecule has 0 saturated carbocycles. The normalized spacial score (nSPS) is 12.9. The van der Waals surface area contributed by atoms with Gasteiger partial charge >= 0.3 is 5.97 Å². The van der Waals surface area contributed by atoms with Gasteiger partial charge in [0.25, 0.3) is 0 Å². The number of hydrogen-bond donors (Lipinski definition) is 1. The van der Waals surface area contributed by atoms with Crippen molar-refractivity contribution in [2.75, 3.05) is 0 Å². The molecule has 5 heteroatoms. The molecule has 1 heterocycles. The first kappa shape index (κ1) is 10.6. The van der Waals surface area contributed by atoms with Crippen LogP contribution in [0.4, 0.5) is 8.78 Å². The van der Waals surface area contributed by atoms with E-state index < -0.39 is 23.5 Å². The molecule has 0 spiro atoms. The Balaban J connectivity index is 2.77. The third-order valence-electron chi connectivity index (χ3n) is 2.49. The minimum atomic E-state index is -1.17. The summed E-state index contributed by atoms with van der Waals surface area (Å²) >= 11 is 0. The fraction of sp³-hybridized carbons (Fsp3) is 0.182. The van der Waals surface area contributed by atoms with Gasteiger partial charge in [-0.1, -0.05) is 0 Å². The monoisotopic (exact) mass is 226 g/mol. The van der Waals surface area contributed by atoms with Crippen molar-refractivity contribution in [2.45, 2.75) is 12.8 Å². The minimum absolute atomic E-state index is 0.0577. The van der Waals surface area contributed by atoms with Gasteiger partial charge in [-0.3, -0.25) is 4.79 Å². The SMILES string of the molecule is CC(C(=O)O)c1c(F)cc(F)c2occc12. The quantitative estimate of drug-likeness (QED) is 0.856. The zero-order valence-corrected chi connectivity index (χ0v) is 8.33. The molecule has 0 radical (unpaired) electrons. The van der Waals surface area contributed by atoms with Crippen LogP contribution in [-0.2, 0) is 4.79 Å². The highest BCUT2D eigenvalue weighted by Crippen LogP contribution is 2.31. The molecule has 0 aliphatic carbocycles. The van der Waals surface area contributed by atoms with Gasteiger partial charge in [0.05, 0.1) is 12.2 Å². The van der Waals surface area contributed by atoms with E-state index in [1.165, 1.54) is 19.3 Å². The summed E-state index contributed by atoms with van der Waals surface area (Å²) in [6, 6.07) is 2.00. The Hall–Kier alpha value is -1.91. The number of carboxylic acids is 1. The largest absolute Gasteiger partial charge is 0.481 e. The molecule has 0 amide bonds. The van der Waals surface area contributed by atoms with Crippen LogP contribution in [0.5, 0.6) is 0 Å². The third kappa shape index (κ3) is 1.44. The molecule has 0 aliphatic heterocycles. The van der Waals surface area contributed by atoms with Crippen LogP contribution in [0.25, 0.3) is 11.0 Å². The van der Waals surface area contributed by atoms with Crippen LogP contribution in [0.1, 0.15) is 18.4 Å². The van der Waals surface area contributed by atoms with Crippen LogP contribution < -0.4 is 0 Å². The number of halogens is 2. The summed E-state index contributed by atoms with van der Waals surface area (Å²) < 4.78 is 31.6. The second kappa shape index (κ2) is 3.59. The van der Waals surface area contributed by atoms with Crippen molar-refractivity contribution >= 4 is 16.9 Å². The van der Waals surface area contributed by atoms with Gasteiger partial charge in [-0.25, -0.2) is 8.78 Å². The average molecular weight is 226 g/mol. The van der Waals surface area contributed by atoms with Gasteiger partial charge in [-0.2, -0.15) is 0 Å². The number of fused-ring (bicyclic) bond motifs is 1. The van der Waals surface area contributed by atoms with E-state index in [0.29, 0.717) is 6.07 Å². The standard InChI is InChI=1S/C11H8F2O3/c1-5(11(14)15)9-6-2-3-16-10(6)8(13)4-7(9)12/h2-5H,1H3,(H,14,15). The average Bonchev–Trinajstić information content (AvgIpc) is 2.66. The first-order valence-electron chi connectivity index (χ1n) is 4.60. The van der Waals surface area contributed by atoms with Gasteiger partial charge < -0.3 is 9.52 Å². The van der Waals surface area contributed by atoms with Gasteiger partial charge in [0.15, 0.2) is 11.4 Å². The summed E-state index contributed by atoms with van der Waals surface area (Å²) in [5.41, 5.74) is -0.179. The van der Waals surface area contributed by atoms with Crippen LogP contribution in [0.15, 0.2) is 22.8 Å². The van der Waals surface area contributed by atoms with E-state index in [1.54, 1.807) is 0 Å². The highest BCUT2D eigenvalue weighted by molar-refractivity contribution is 5.88. The Bertz CT molecular complexity index is 560. The molecule has 1 unspecified atom stereocenters. The van der Waals surface area contributed by atoms with E-state index in [9.17, 15) is 13.6 Å². The van der Waals surface area contributed by atoms with Crippen molar-refractivity contribution in [3.8, 4) is 0 Å². The van der Waals surface area contributed by atoms with Crippen molar-refractivity contribution in [3.05, 3.63) is 35.6 Å². The van der Waals surface area contributed by atoms with E-state index in [2.05, 4.69) is 0 Å². The van der Waals surface area contributed by atoms with Crippen molar-refractivity contribution in [3.63, 3.8) is 0 Å². The topological polar surface area (TPSA) is 50.4 Å². The molecule has 2 rings (SSSR count). The molecule has 2 aromatic rings. The Morgan fingerprint density at radius 1 is 1.44 bits per heavy atom. The molecule has 0 fully saturated rings. The first-order chi connectivity index (χ1) is 7.52. The van der Waals surface area contributed by atoms with E-state index in [1.807, 2.05) is 0 Å². The van der Waals surface area contributed by atoms with E-state index in [4.69, 9.17) is 9.52 Å². The lowest BCUT2D eigenvalue weighted by atomic mass is 9.97. The molecule has 16 heavy (non-hydrogen) atoms. The van der Waals surface area contributed by atoms with Gasteiger partial charge in [-0.15, -0.1) is 0 Å². The molecule has 0 aliphatic rings. The molecular weight excluding hydrogens is 218 g/mol. The van der Waals surface area contributed by atoms with Crippen LogP contribution in [0.3, 0.4) is 0 Å². The Kier molecular flexibility index (Phi) is 2.38. The van der Waals surface area contributed by atoms with E-state index in [0.717, 1.165) is 0 Å². The fourth-order valence-electron chi connectivity index (χ4n) is 1.65. The first-order valence-corrected chi connectivity index (χ1v) is 4.60. The summed E-state index contributed by atoms with van der Waals surface area (Å²) in [6.45, 7) is 1.34. The van der Waals surface area contributed by atoms with E-state index in [-0.39, 0.29) is 16.5 Å². The van der Waals surface area contributed by atoms with Crippen molar-refractivity contribution < 1.29 is 23.1 Å². The maximum atomic E-state index is 13.5. The van der Waals surface area contributed by atoms with Crippen molar-refractivity contribution in [1.82, 2.24) is 0 Å². The summed E-state index contributed by atoms with van der Waals surface area (Å²) in [4.78, 5) is 10.8. The molecule has 0 saturated heterocycles. The third-order valence-corrected chi connectivity index (χ3v) is 2.49. The fourth-order valence-corrected chi connectivity index (χ4v) is 1.65. The molecule has 3 nitrogen and oxygen atoms in total. The number of carbonyl (C=O) groups is 1. The van der Waals surface area contributed by atoms with Crippen molar-refractivity contribution in [2.24, 2.45) is 0 Å². The number of carboxylic acid groups (broad SMARTS) is 1. The summed E-state index contributed by atoms with van der Waals surface area (Å²) in [5, 5.41) is 8.99. The lowest BCUT2D eigenvalue weighted by molar-refractivity contribution is -0.138. The number of rotatable bonds is 2. The molecule has 1 N–H and O–H groups in total. The number of aliphatic carboxylic acids is 1. The summed E-state index contributed by atoms with van der Waals surface area (Å²) in [7, 11) is 0. The number of hydrogen-bond acceptors (Lipinski definition) is 2. The predicted molar refractivity (Wildman–Crippen MR) is 52.2 cm³/mol. The van der Waals surface area contributed by atoms with Crippen LogP contribution in [0, 0.1) is 11.6 Å². The van der Waals surface area contributed by atoms with Gasteiger partial charge in [0, 0.05) is 17.0 Å². The predicted octanol–water partition coefficient (Wildman–Crippen LogP) is 2.90. The lowest BCUT2D eigenvalue weighted by Gasteiger charge is -2.09. The maximum absolute atomic E-state index is 13.5.